The molecule has 9 nitrogen and oxygen atoms in total. The summed E-state index contributed by atoms with van der Waals surface area (Å²) in [5.41, 5.74) is 2.81. The molecular formula is C56H78N2O7. The topological polar surface area (TPSA) is 125 Å². The number of carbonyl (C=O) groups excluding carboxylic acids is 1. The van der Waals surface area contributed by atoms with Crippen LogP contribution in [0.3, 0.4) is 0 Å². The standard InChI is InChI=1S/C28H39NO3.C21H26O2.C7H13NO2/c1-28(2,3)24-9-12-25(13-10-24)32-26-11-8-22-17-20(6-7-23(22)18-26)19-29-15-4-5-21(14-16-29)27(30)31;1-21(2,3)18-7-10-19(11-8-18)23-20-9-6-16-12-15(14-22)4-5-17(16)13-20;9-7(10)6-2-1-4-8-5-3-6/h6-8,11,17-18,21,24-25H,4-5,9-10,12-16,19H2,1-3H3,(H,30,31);4-6,9,12-14,18-19H,7-8,10-11H2,1-3H3;6,8H,1-5H2,(H,9,10). The highest BCUT2D eigenvalue weighted by molar-refractivity contribution is 5.89. The highest BCUT2D eigenvalue weighted by Gasteiger charge is 2.32. The van der Waals surface area contributed by atoms with Crippen LogP contribution in [0.2, 0.25) is 0 Å². The Morgan fingerprint density at radius 2 is 1.08 bits per heavy atom. The third-order valence-electron chi connectivity index (χ3n) is 14.8. The number of rotatable bonds is 9. The summed E-state index contributed by atoms with van der Waals surface area (Å²) >= 11 is 0. The van der Waals surface area contributed by atoms with Crippen LogP contribution in [0.1, 0.15) is 147 Å². The van der Waals surface area contributed by atoms with Crippen molar-refractivity contribution in [2.75, 3.05) is 26.2 Å². The van der Waals surface area contributed by atoms with Crippen LogP contribution in [0.15, 0.2) is 72.8 Å². The van der Waals surface area contributed by atoms with Crippen molar-refractivity contribution >= 4 is 39.8 Å². The predicted molar refractivity (Wildman–Crippen MR) is 263 cm³/mol. The predicted octanol–water partition coefficient (Wildman–Crippen LogP) is 12.6. The fraction of sp³-hybridized carbons (Fsp3) is 0.589. The minimum Gasteiger partial charge on any atom is -0.490 e. The van der Waals surface area contributed by atoms with Gasteiger partial charge in [-0.1, -0.05) is 77.9 Å². The maximum absolute atomic E-state index is 11.3. The van der Waals surface area contributed by atoms with Gasteiger partial charge in [-0.25, -0.2) is 0 Å². The van der Waals surface area contributed by atoms with Crippen molar-refractivity contribution in [1.82, 2.24) is 10.2 Å². The van der Waals surface area contributed by atoms with E-state index in [9.17, 15) is 19.5 Å². The average Bonchev–Trinajstić information content (AvgIpc) is 3.71. The monoisotopic (exact) mass is 891 g/mol. The molecule has 0 bridgehead atoms. The van der Waals surface area contributed by atoms with E-state index in [-0.39, 0.29) is 11.8 Å². The first-order chi connectivity index (χ1) is 31.0. The third-order valence-corrected chi connectivity index (χ3v) is 14.8. The maximum atomic E-state index is 11.3. The van der Waals surface area contributed by atoms with E-state index in [0.717, 1.165) is 137 Å². The number of hydrogen-bond donors (Lipinski definition) is 3. The van der Waals surface area contributed by atoms with Crippen molar-refractivity contribution in [2.45, 2.75) is 150 Å². The number of carboxylic acid groups (broad SMARTS) is 2. The number of carbonyl (C=O) groups is 3. The Balaban J connectivity index is 0.000000184. The van der Waals surface area contributed by atoms with Gasteiger partial charge in [0.15, 0.2) is 0 Å². The molecule has 3 N–H and O–H groups in total. The first-order valence-electron chi connectivity index (χ1n) is 24.8. The molecule has 2 unspecified atom stereocenters. The Kier molecular flexibility index (Phi) is 17.9. The maximum Gasteiger partial charge on any atom is 0.306 e. The van der Waals surface area contributed by atoms with Gasteiger partial charge in [0.2, 0.25) is 0 Å². The van der Waals surface area contributed by atoms with Gasteiger partial charge in [-0.2, -0.15) is 0 Å². The number of aldehydes is 1. The van der Waals surface area contributed by atoms with E-state index in [1.165, 1.54) is 42.0 Å². The minimum absolute atomic E-state index is 0.102. The second-order valence-corrected chi connectivity index (χ2v) is 21.6. The molecule has 4 fully saturated rings. The molecule has 4 aliphatic rings. The molecular weight excluding hydrogens is 813 g/mol. The summed E-state index contributed by atoms with van der Waals surface area (Å²) in [5, 5.41) is 25.8. The minimum atomic E-state index is -0.641. The Hall–Kier alpha value is -4.47. The van der Waals surface area contributed by atoms with E-state index in [4.69, 9.17) is 14.6 Å². The molecule has 2 saturated carbocycles. The molecule has 2 aliphatic heterocycles. The number of nitrogens with one attached hydrogen (secondary N) is 1. The first kappa shape index (κ1) is 50.0. The molecule has 2 atom stereocenters. The van der Waals surface area contributed by atoms with Gasteiger partial charge in [-0.05, 0) is 202 Å². The lowest BCUT2D eigenvalue weighted by Gasteiger charge is -2.37. The lowest BCUT2D eigenvalue weighted by molar-refractivity contribution is -0.143. The number of likely N-dealkylation sites (tertiary alicyclic amines) is 1. The van der Waals surface area contributed by atoms with Gasteiger partial charge >= 0.3 is 11.9 Å². The lowest BCUT2D eigenvalue weighted by atomic mass is 9.72. The molecule has 0 spiro atoms. The van der Waals surface area contributed by atoms with E-state index in [0.29, 0.717) is 28.6 Å². The van der Waals surface area contributed by atoms with Gasteiger partial charge in [0, 0.05) is 12.1 Å². The van der Waals surface area contributed by atoms with Gasteiger partial charge in [-0.15, -0.1) is 0 Å². The highest BCUT2D eigenvalue weighted by atomic mass is 16.5. The smallest absolute Gasteiger partial charge is 0.306 e. The van der Waals surface area contributed by atoms with Gasteiger partial charge in [0.1, 0.15) is 17.8 Å². The van der Waals surface area contributed by atoms with Crippen molar-refractivity contribution in [1.29, 1.82) is 0 Å². The van der Waals surface area contributed by atoms with Gasteiger partial charge in [0.05, 0.1) is 24.0 Å². The number of nitrogens with zero attached hydrogens (tertiary/aromatic N) is 1. The number of aliphatic carboxylic acids is 2. The normalized spacial score (nSPS) is 24.5. The quantitative estimate of drug-likeness (QED) is 0.141. The number of carboxylic acids is 2. The molecule has 2 heterocycles. The molecule has 9 heteroatoms. The zero-order valence-corrected chi connectivity index (χ0v) is 40.3. The first-order valence-corrected chi connectivity index (χ1v) is 24.8. The van der Waals surface area contributed by atoms with E-state index >= 15 is 0 Å². The molecule has 2 aliphatic carbocycles. The summed E-state index contributed by atoms with van der Waals surface area (Å²) in [6, 6.07) is 25.1. The number of hydrogen-bond acceptors (Lipinski definition) is 7. The third kappa shape index (κ3) is 15.3. The van der Waals surface area contributed by atoms with Crippen molar-refractivity contribution in [3.63, 3.8) is 0 Å². The average molecular weight is 891 g/mol. The van der Waals surface area contributed by atoms with E-state index in [1.54, 1.807) is 0 Å². The Morgan fingerprint density at radius 1 is 0.585 bits per heavy atom. The summed E-state index contributed by atoms with van der Waals surface area (Å²) in [5.74, 6) is 1.97. The van der Waals surface area contributed by atoms with Crippen molar-refractivity contribution in [3.8, 4) is 11.5 Å². The van der Waals surface area contributed by atoms with E-state index < -0.39 is 11.9 Å². The number of ether oxygens (including phenoxy) is 2. The highest BCUT2D eigenvalue weighted by Crippen LogP contribution is 2.40. The zero-order valence-electron chi connectivity index (χ0n) is 40.3. The van der Waals surface area contributed by atoms with E-state index in [2.05, 4.69) is 94.2 Å². The van der Waals surface area contributed by atoms with Crippen LogP contribution in [-0.4, -0.2) is 71.7 Å². The fourth-order valence-corrected chi connectivity index (χ4v) is 10.4. The zero-order chi connectivity index (χ0) is 46.6. The lowest BCUT2D eigenvalue weighted by Crippen LogP contribution is -2.30. The SMILES string of the molecule is CC(C)(C)C1CCC(Oc2ccc3cc(C=O)ccc3c2)CC1.CC(C)(C)C1CCC(Oc2ccc3cc(CN4CCCC(C(=O)O)CC4)ccc3c2)CC1.O=C(O)C1CCCNCC1. The van der Waals surface area contributed by atoms with E-state index in [1.807, 2.05) is 30.3 Å². The molecule has 354 valence electrons. The van der Waals surface area contributed by atoms with Crippen LogP contribution >= 0.6 is 0 Å². The van der Waals surface area contributed by atoms with Crippen LogP contribution in [0.4, 0.5) is 0 Å². The fourth-order valence-electron chi connectivity index (χ4n) is 10.4. The van der Waals surface area contributed by atoms with Gasteiger partial charge in [-0.3, -0.25) is 19.3 Å². The molecule has 8 rings (SSSR count). The van der Waals surface area contributed by atoms with Crippen molar-refractivity contribution in [3.05, 3.63) is 83.9 Å². The molecule has 4 aromatic carbocycles. The second kappa shape index (κ2) is 23.3. The Bertz CT molecular complexity index is 2150. The van der Waals surface area contributed by atoms with Crippen LogP contribution < -0.4 is 14.8 Å². The summed E-state index contributed by atoms with van der Waals surface area (Å²) in [6.45, 7) is 18.7. The molecule has 2 saturated heterocycles. The molecule has 65 heavy (non-hydrogen) atoms. The number of benzene rings is 4. The van der Waals surface area contributed by atoms with Crippen molar-refractivity contribution in [2.24, 2.45) is 34.5 Å². The summed E-state index contributed by atoms with van der Waals surface area (Å²) in [6.07, 6.45) is 16.3. The molecule has 0 aromatic heterocycles. The summed E-state index contributed by atoms with van der Waals surface area (Å²) in [4.78, 5) is 35.0. The Labute approximate surface area is 389 Å². The molecule has 4 aromatic rings. The van der Waals surface area contributed by atoms with Gasteiger partial charge in [0.25, 0.3) is 0 Å². The van der Waals surface area contributed by atoms with Crippen LogP contribution in [0.5, 0.6) is 11.5 Å². The second-order valence-electron chi connectivity index (χ2n) is 21.6. The Morgan fingerprint density at radius 3 is 1.62 bits per heavy atom. The molecule has 0 amide bonds. The van der Waals surface area contributed by atoms with Gasteiger partial charge < -0.3 is 25.0 Å². The molecule has 0 radical (unpaired) electrons. The number of fused-ring (bicyclic) bond motifs is 2. The van der Waals surface area contributed by atoms with Crippen LogP contribution in [0.25, 0.3) is 21.5 Å². The summed E-state index contributed by atoms with van der Waals surface area (Å²) in [7, 11) is 0. The largest absolute Gasteiger partial charge is 0.490 e. The van der Waals surface area contributed by atoms with Crippen molar-refractivity contribution < 1.29 is 34.1 Å². The van der Waals surface area contributed by atoms with Crippen LogP contribution in [0, 0.1) is 34.5 Å². The van der Waals surface area contributed by atoms with Crippen LogP contribution in [-0.2, 0) is 16.1 Å². The summed E-state index contributed by atoms with van der Waals surface area (Å²) < 4.78 is 12.6.